The second kappa shape index (κ2) is 5.88. The lowest BCUT2D eigenvalue weighted by Gasteiger charge is -2.12. The van der Waals surface area contributed by atoms with Crippen LogP contribution in [0, 0.1) is 0 Å². The molecular formula is C17H19N3. The summed E-state index contributed by atoms with van der Waals surface area (Å²) in [4.78, 5) is 0. The molecule has 0 saturated carbocycles. The Morgan fingerprint density at radius 2 is 1.90 bits per heavy atom. The standard InChI is InChI=1S/C17H19N3/c1-14(15-7-3-2-4-8-15)11-18-12-16-13-19-20-10-6-5-9-17(16)20/h2-10,13-14,18H,11-12H2,1H3. The molecule has 0 spiro atoms. The van der Waals surface area contributed by atoms with E-state index in [0.717, 1.165) is 13.1 Å². The quantitative estimate of drug-likeness (QED) is 0.767. The smallest absolute Gasteiger partial charge is 0.0706 e. The zero-order valence-corrected chi connectivity index (χ0v) is 11.7. The summed E-state index contributed by atoms with van der Waals surface area (Å²) in [5.74, 6) is 0.512. The minimum atomic E-state index is 0.512. The van der Waals surface area contributed by atoms with Crippen LogP contribution < -0.4 is 5.32 Å². The van der Waals surface area contributed by atoms with Gasteiger partial charge in [0.1, 0.15) is 0 Å². The van der Waals surface area contributed by atoms with Crippen molar-refractivity contribution < 1.29 is 0 Å². The monoisotopic (exact) mass is 265 g/mol. The lowest BCUT2D eigenvalue weighted by atomic mass is 10.0. The summed E-state index contributed by atoms with van der Waals surface area (Å²) >= 11 is 0. The highest BCUT2D eigenvalue weighted by Gasteiger charge is 2.06. The first-order valence-corrected chi connectivity index (χ1v) is 7.01. The van der Waals surface area contributed by atoms with E-state index in [0.29, 0.717) is 5.92 Å². The van der Waals surface area contributed by atoms with Gasteiger partial charge in [0.25, 0.3) is 0 Å². The number of pyridine rings is 1. The van der Waals surface area contributed by atoms with Crippen molar-refractivity contribution >= 4 is 5.52 Å². The molecule has 0 amide bonds. The topological polar surface area (TPSA) is 29.3 Å². The van der Waals surface area contributed by atoms with Gasteiger partial charge in [-0.1, -0.05) is 43.3 Å². The van der Waals surface area contributed by atoms with Crippen molar-refractivity contribution in [2.75, 3.05) is 6.54 Å². The normalized spacial score (nSPS) is 12.7. The summed E-state index contributed by atoms with van der Waals surface area (Å²) in [6.07, 6.45) is 3.92. The van der Waals surface area contributed by atoms with Crippen LogP contribution in [0.1, 0.15) is 24.0 Å². The first kappa shape index (κ1) is 12.9. The Balaban J connectivity index is 1.60. The van der Waals surface area contributed by atoms with Crippen molar-refractivity contribution in [3.63, 3.8) is 0 Å². The molecule has 20 heavy (non-hydrogen) atoms. The first-order chi connectivity index (χ1) is 9.84. The molecule has 0 bridgehead atoms. The molecule has 1 unspecified atom stereocenters. The molecule has 2 aromatic heterocycles. The van der Waals surface area contributed by atoms with E-state index >= 15 is 0 Å². The van der Waals surface area contributed by atoms with Crippen LogP contribution >= 0.6 is 0 Å². The van der Waals surface area contributed by atoms with Crippen LogP contribution in [-0.2, 0) is 6.54 Å². The highest BCUT2D eigenvalue weighted by molar-refractivity contribution is 5.53. The summed E-state index contributed by atoms with van der Waals surface area (Å²) in [6.45, 7) is 4.07. The molecule has 1 aromatic carbocycles. The van der Waals surface area contributed by atoms with Crippen LogP contribution in [0.15, 0.2) is 60.9 Å². The van der Waals surface area contributed by atoms with Crippen molar-refractivity contribution in [1.29, 1.82) is 0 Å². The Morgan fingerprint density at radius 3 is 2.75 bits per heavy atom. The number of rotatable bonds is 5. The molecule has 0 aliphatic heterocycles. The van der Waals surface area contributed by atoms with Crippen molar-refractivity contribution in [2.45, 2.75) is 19.4 Å². The van der Waals surface area contributed by atoms with Crippen molar-refractivity contribution in [3.05, 3.63) is 72.1 Å². The largest absolute Gasteiger partial charge is 0.312 e. The van der Waals surface area contributed by atoms with E-state index in [2.05, 4.69) is 53.7 Å². The van der Waals surface area contributed by atoms with Crippen LogP contribution in [0.2, 0.25) is 0 Å². The van der Waals surface area contributed by atoms with Crippen molar-refractivity contribution in [1.82, 2.24) is 14.9 Å². The molecule has 2 heterocycles. The van der Waals surface area contributed by atoms with E-state index in [-0.39, 0.29) is 0 Å². The predicted molar refractivity (Wildman–Crippen MR) is 81.8 cm³/mol. The third kappa shape index (κ3) is 2.73. The lowest BCUT2D eigenvalue weighted by Crippen LogP contribution is -2.19. The van der Waals surface area contributed by atoms with E-state index in [1.807, 2.05) is 29.0 Å². The van der Waals surface area contributed by atoms with Crippen LogP contribution in [0.5, 0.6) is 0 Å². The van der Waals surface area contributed by atoms with Gasteiger partial charge in [-0.2, -0.15) is 5.10 Å². The Morgan fingerprint density at radius 1 is 1.10 bits per heavy atom. The fourth-order valence-corrected chi connectivity index (χ4v) is 2.45. The van der Waals surface area contributed by atoms with Gasteiger partial charge in [0.15, 0.2) is 0 Å². The molecule has 0 saturated heterocycles. The number of benzene rings is 1. The van der Waals surface area contributed by atoms with Gasteiger partial charge >= 0.3 is 0 Å². The van der Waals surface area contributed by atoms with Crippen molar-refractivity contribution in [2.24, 2.45) is 0 Å². The summed E-state index contributed by atoms with van der Waals surface area (Å²) in [7, 11) is 0. The van der Waals surface area contributed by atoms with Gasteiger partial charge in [-0.05, 0) is 23.6 Å². The van der Waals surface area contributed by atoms with Gasteiger partial charge in [-0.25, -0.2) is 4.52 Å². The SMILES string of the molecule is CC(CNCc1cnn2ccccc12)c1ccccc1. The minimum absolute atomic E-state index is 0.512. The van der Waals surface area contributed by atoms with Crippen LogP contribution in [-0.4, -0.2) is 16.2 Å². The molecule has 102 valence electrons. The predicted octanol–water partition coefficient (Wildman–Crippen LogP) is 3.23. The lowest BCUT2D eigenvalue weighted by molar-refractivity contribution is 0.617. The van der Waals surface area contributed by atoms with E-state index in [1.54, 1.807) is 0 Å². The zero-order valence-electron chi connectivity index (χ0n) is 11.7. The van der Waals surface area contributed by atoms with Gasteiger partial charge in [0.2, 0.25) is 0 Å². The average Bonchev–Trinajstić information content (AvgIpc) is 2.92. The fraction of sp³-hybridized carbons (Fsp3) is 0.235. The van der Waals surface area contributed by atoms with Gasteiger partial charge in [-0.15, -0.1) is 0 Å². The maximum absolute atomic E-state index is 4.35. The van der Waals surface area contributed by atoms with E-state index in [9.17, 15) is 0 Å². The molecule has 1 atom stereocenters. The summed E-state index contributed by atoms with van der Waals surface area (Å²) < 4.78 is 1.91. The Labute approximate surface area is 119 Å². The number of hydrogen-bond donors (Lipinski definition) is 1. The number of nitrogens with zero attached hydrogens (tertiary/aromatic N) is 2. The molecule has 3 heteroatoms. The molecule has 0 radical (unpaired) electrons. The third-order valence-electron chi connectivity index (χ3n) is 3.64. The summed E-state index contributed by atoms with van der Waals surface area (Å²) in [5.41, 5.74) is 3.79. The Kier molecular flexibility index (Phi) is 3.79. The third-order valence-corrected chi connectivity index (χ3v) is 3.64. The highest BCUT2D eigenvalue weighted by atomic mass is 15.2. The van der Waals surface area contributed by atoms with Crippen molar-refractivity contribution in [3.8, 4) is 0 Å². The maximum atomic E-state index is 4.35. The molecule has 3 rings (SSSR count). The summed E-state index contributed by atoms with van der Waals surface area (Å²) in [6, 6.07) is 16.8. The summed E-state index contributed by atoms with van der Waals surface area (Å²) in [5, 5.41) is 7.88. The number of aromatic nitrogens is 2. The molecule has 1 N–H and O–H groups in total. The van der Waals surface area contributed by atoms with Gasteiger partial charge < -0.3 is 5.32 Å². The molecule has 0 aliphatic carbocycles. The molecule has 3 aromatic rings. The van der Waals surface area contributed by atoms with Crippen LogP contribution in [0.3, 0.4) is 0 Å². The highest BCUT2D eigenvalue weighted by Crippen LogP contribution is 2.14. The maximum Gasteiger partial charge on any atom is 0.0706 e. The van der Waals surface area contributed by atoms with Crippen LogP contribution in [0.25, 0.3) is 5.52 Å². The molecular weight excluding hydrogens is 246 g/mol. The molecule has 3 nitrogen and oxygen atoms in total. The first-order valence-electron chi connectivity index (χ1n) is 7.01. The minimum Gasteiger partial charge on any atom is -0.312 e. The van der Waals surface area contributed by atoms with Gasteiger partial charge in [0, 0.05) is 24.8 Å². The second-order valence-corrected chi connectivity index (χ2v) is 5.14. The number of fused-ring (bicyclic) bond motifs is 1. The number of hydrogen-bond acceptors (Lipinski definition) is 2. The van der Waals surface area contributed by atoms with E-state index < -0.39 is 0 Å². The van der Waals surface area contributed by atoms with Crippen LogP contribution in [0.4, 0.5) is 0 Å². The Bertz CT molecular complexity index is 673. The van der Waals surface area contributed by atoms with E-state index in [1.165, 1.54) is 16.6 Å². The fourth-order valence-electron chi connectivity index (χ4n) is 2.45. The van der Waals surface area contributed by atoms with Gasteiger partial charge in [-0.3, -0.25) is 0 Å². The van der Waals surface area contributed by atoms with E-state index in [4.69, 9.17) is 0 Å². The number of nitrogens with one attached hydrogen (secondary N) is 1. The molecule has 0 aliphatic rings. The second-order valence-electron chi connectivity index (χ2n) is 5.14. The zero-order chi connectivity index (χ0) is 13.8. The average molecular weight is 265 g/mol. The Hall–Kier alpha value is -2.13. The van der Waals surface area contributed by atoms with Gasteiger partial charge in [0.05, 0.1) is 11.7 Å². The molecule has 0 fully saturated rings.